The van der Waals surface area contributed by atoms with Gasteiger partial charge in [0.05, 0.1) is 13.2 Å². The van der Waals surface area contributed by atoms with E-state index in [0.717, 1.165) is 17.7 Å². The molecule has 0 saturated heterocycles. The first-order valence-electron chi connectivity index (χ1n) is 7.42. The second kappa shape index (κ2) is 6.80. The Bertz CT molecular complexity index is 469. The number of nitrogens with one attached hydrogen (secondary N) is 2. The predicted octanol–water partition coefficient (Wildman–Crippen LogP) is 2.22. The fraction of sp³-hybridized carbons (Fsp3) is 0.562. The lowest BCUT2D eigenvalue weighted by molar-refractivity contribution is 0.172. The van der Waals surface area contributed by atoms with Crippen LogP contribution >= 0.6 is 0 Å². The van der Waals surface area contributed by atoms with Crippen molar-refractivity contribution in [2.45, 2.75) is 32.3 Å². The SMILES string of the molecule is CCC1(CNC(=O)NCC(O)c2ccc(OC)cc2)CC1. The summed E-state index contributed by atoms with van der Waals surface area (Å²) in [5.74, 6) is 0.742. The standard InChI is InChI=1S/C16H24N2O3/c1-3-16(8-9-16)11-18-15(20)17-10-14(19)12-4-6-13(21-2)7-5-12/h4-7,14,19H,3,8-11H2,1-2H3,(H2,17,18,20). The van der Waals surface area contributed by atoms with Gasteiger partial charge >= 0.3 is 6.03 Å². The molecule has 0 spiro atoms. The largest absolute Gasteiger partial charge is 0.497 e. The van der Waals surface area contributed by atoms with E-state index in [4.69, 9.17) is 4.74 Å². The van der Waals surface area contributed by atoms with Crippen LogP contribution in [0, 0.1) is 5.41 Å². The summed E-state index contributed by atoms with van der Waals surface area (Å²) in [5.41, 5.74) is 1.08. The third kappa shape index (κ3) is 4.36. The average Bonchev–Trinajstić information content (AvgIpc) is 3.31. The second-order valence-electron chi connectivity index (χ2n) is 5.71. The normalized spacial score (nSPS) is 16.9. The van der Waals surface area contributed by atoms with Crippen LogP contribution in [0.15, 0.2) is 24.3 Å². The van der Waals surface area contributed by atoms with Crippen molar-refractivity contribution in [1.82, 2.24) is 10.6 Å². The molecule has 0 aromatic heterocycles. The second-order valence-corrected chi connectivity index (χ2v) is 5.71. The molecular weight excluding hydrogens is 268 g/mol. The van der Waals surface area contributed by atoms with Crippen LogP contribution in [-0.2, 0) is 0 Å². The molecule has 1 unspecified atom stereocenters. The third-order valence-electron chi connectivity index (χ3n) is 4.29. The number of aliphatic hydroxyl groups excluding tert-OH is 1. The molecule has 0 aliphatic heterocycles. The zero-order chi connectivity index (χ0) is 15.3. The number of ether oxygens (including phenoxy) is 1. The van der Waals surface area contributed by atoms with E-state index in [2.05, 4.69) is 17.6 Å². The van der Waals surface area contributed by atoms with E-state index in [-0.39, 0.29) is 12.6 Å². The maximum absolute atomic E-state index is 11.7. The number of amides is 2. The van der Waals surface area contributed by atoms with Crippen LogP contribution in [0.25, 0.3) is 0 Å². The van der Waals surface area contributed by atoms with Gasteiger partial charge in [-0.3, -0.25) is 0 Å². The van der Waals surface area contributed by atoms with Crippen molar-refractivity contribution in [1.29, 1.82) is 0 Å². The van der Waals surface area contributed by atoms with Crippen LogP contribution < -0.4 is 15.4 Å². The van der Waals surface area contributed by atoms with E-state index < -0.39 is 6.10 Å². The minimum atomic E-state index is -0.720. The number of urea groups is 1. The highest BCUT2D eigenvalue weighted by Crippen LogP contribution is 2.47. The molecular formula is C16H24N2O3. The van der Waals surface area contributed by atoms with Crippen molar-refractivity contribution in [2.24, 2.45) is 5.41 Å². The van der Waals surface area contributed by atoms with E-state index in [1.165, 1.54) is 12.8 Å². The van der Waals surface area contributed by atoms with Crippen molar-refractivity contribution in [3.63, 3.8) is 0 Å². The van der Waals surface area contributed by atoms with Crippen LogP contribution in [0.2, 0.25) is 0 Å². The fourth-order valence-electron chi connectivity index (χ4n) is 2.30. The van der Waals surface area contributed by atoms with Gasteiger partial charge in [-0.25, -0.2) is 4.79 Å². The van der Waals surface area contributed by atoms with Gasteiger partial charge in [-0.2, -0.15) is 0 Å². The van der Waals surface area contributed by atoms with Gasteiger partial charge in [0.15, 0.2) is 0 Å². The molecule has 5 nitrogen and oxygen atoms in total. The average molecular weight is 292 g/mol. The fourth-order valence-corrected chi connectivity index (χ4v) is 2.30. The Morgan fingerprint density at radius 2 is 2.00 bits per heavy atom. The van der Waals surface area contributed by atoms with E-state index in [1.54, 1.807) is 31.4 Å². The number of rotatable bonds is 7. The van der Waals surface area contributed by atoms with Gasteiger partial charge in [0.2, 0.25) is 0 Å². The smallest absolute Gasteiger partial charge is 0.314 e. The van der Waals surface area contributed by atoms with E-state index in [0.29, 0.717) is 12.0 Å². The first kappa shape index (κ1) is 15.6. The Hall–Kier alpha value is -1.75. The first-order valence-corrected chi connectivity index (χ1v) is 7.42. The van der Waals surface area contributed by atoms with Gasteiger partial charge in [-0.15, -0.1) is 0 Å². The zero-order valence-corrected chi connectivity index (χ0v) is 12.7. The summed E-state index contributed by atoms with van der Waals surface area (Å²) in [7, 11) is 1.60. The highest BCUT2D eigenvalue weighted by atomic mass is 16.5. The number of benzene rings is 1. The number of hydrogen-bond acceptors (Lipinski definition) is 3. The summed E-state index contributed by atoms with van der Waals surface area (Å²) in [5, 5.41) is 15.6. The molecule has 116 valence electrons. The van der Waals surface area contributed by atoms with Gasteiger partial charge in [0.25, 0.3) is 0 Å². The number of hydrogen-bond donors (Lipinski definition) is 3. The van der Waals surface area contributed by atoms with Gasteiger partial charge in [-0.1, -0.05) is 19.1 Å². The molecule has 1 aromatic carbocycles. The minimum absolute atomic E-state index is 0.192. The van der Waals surface area contributed by atoms with Crippen LogP contribution in [0.5, 0.6) is 5.75 Å². The molecule has 1 aliphatic rings. The van der Waals surface area contributed by atoms with Crippen molar-refractivity contribution in [3.8, 4) is 5.75 Å². The van der Waals surface area contributed by atoms with E-state index >= 15 is 0 Å². The lowest BCUT2D eigenvalue weighted by Crippen LogP contribution is -2.40. The monoisotopic (exact) mass is 292 g/mol. The molecule has 21 heavy (non-hydrogen) atoms. The number of aliphatic hydroxyl groups is 1. The highest BCUT2D eigenvalue weighted by Gasteiger charge is 2.40. The Morgan fingerprint density at radius 3 is 2.52 bits per heavy atom. The van der Waals surface area contributed by atoms with Gasteiger partial charge in [0, 0.05) is 13.1 Å². The summed E-state index contributed by atoms with van der Waals surface area (Å²) >= 11 is 0. The van der Waals surface area contributed by atoms with Crippen molar-refractivity contribution in [2.75, 3.05) is 20.2 Å². The Morgan fingerprint density at radius 1 is 1.33 bits per heavy atom. The Kier molecular flexibility index (Phi) is 5.07. The molecule has 1 fully saturated rings. The summed E-state index contributed by atoms with van der Waals surface area (Å²) in [6.07, 6.45) is 2.76. The van der Waals surface area contributed by atoms with Gasteiger partial charge in [0.1, 0.15) is 5.75 Å². The first-order chi connectivity index (χ1) is 10.1. The summed E-state index contributed by atoms with van der Waals surface area (Å²) in [4.78, 5) is 11.7. The molecule has 1 aromatic rings. The lowest BCUT2D eigenvalue weighted by Gasteiger charge is -2.16. The Balaban J connectivity index is 1.72. The number of carbonyl (C=O) groups is 1. The van der Waals surface area contributed by atoms with Crippen LogP contribution in [-0.4, -0.2) is 31.3 Å². The Labute approximate surface area is 125 Å². The predicted molar refractivity (Wildman–Crippen MR) is 81.3 cm³/mol. The van der Waals surface area contributed by atoms with Gasteiger partial charge in [-0.05, 0) is 42.4 Å². The number of carbonyl (C=O) groups excluding carboxylic acids is 1. The highest BCUT2D eigenvalue weighted by molar-refractivity contribution is 5.73. The van der Waals surface area contributed by atoms with E-state index in [1.807, 2.05) is 0 Å². The molecule has 1 atom stereocenters. The van der Waals surface area contributed by atoms with Crippen LogP contribution in [0.1, 0.15) is 37.9 Å². The van der Waals surface area contributed by atoms with Crippen LogP contribution in [0.3, 0.4) is 0 Å². The van der Waals surface area contributed by atoms with Gasteiger partial charge < -0.3 is 20.5 Å². The molecule has 2 amide bonds. The molecule has 0 bridgehead atoms. The van der Waals surface area contributed by atoms with Crippen molar-refractivity contribution < 1.29 is 14.6 Å². The quantitative estimate of drug-likeness (QED) is 0.721. The molecule has 1 saturated carbocycles. The maximum Gasteiger partial charge on any atom is 0.314 e. The zero-order valence-electron chi connectivity index (χ0n) is 12.7. The molecule has 5 heteroatoms. The summed E-state index contributed by atoms with van der Waals surface area (Å²) in [6.45, 7) is 3.06. The van der Waals surface area contributed by atoms with Crippen LogP contribution in [0.4, 0.5) is 4.79 Å². The lowest BCUT2D eigenvalue weighted by atomic mass is 10.0. The minimum Gasteiger partial charge on any atom is -0.497 e. The topological polar surface area (TPSA) is 70.6 Å². The molecule has 0 radical (unpaired) electrons. The summed E-state index contributed by atoms with van der Waals surface area (Å²) < 4.78 is 5.07. The van der Waals surface area contributed by atoms with Crippen molar-refractivity contribution in [3.05, 3.63) is 29.8 Å². The maximum atomic E-state index is 11.7. The molecule has 0 heterocycles. The molecule has 3 N–H and O–H groups in total. The molecule has 1 aliphatic carbocycles. The van der Waals surface area contributed by atoms with E-state index in [9.17, 15) is 9.90 Å². The molecule has 2 rings (SSSR count). The third-order valence-corrected chi connectivity index (χ3v) is 4.29. The number of methoxy groups -OCH3 is 1. The van der Waals surface area contributed by atoms with Crippen molar-refractivity contribution >= 4 is 6.03 Å². The summed E-state index contributed by atoms with van der Waals surface area (Å²) in [6, 6.07) is 6.94.